The lowest BCUT2D eigenvalue weighted by atomic mass is 10.2. The van der Waals surface area contributed by atoms with Gasteiger partial charge in [0.25, 0.3) is 11.8 Å². The number of carbonyl (C=O) groups excluding carboxylic acids is 2. The molecule has 0 saturated carbocycles. The molecule has 136 valence electrons. The van der Waals surface area contributed by atoms with E-state index in [0.717, 1.165) is 0 Å². The van der Waals surface area contributed by atoms with Gasteiger partial charge in [0.2, 0.25) is 0 Å². The summed E-state index contributed by atoms with van der Waals surface area (Å²) in [7, 11) is 1.52. The first-order valence-electron chi connectivity index (χ1n) is 8.05. The quantitative estimate of drug-likeness (QED) is 0.692. The summed E-state index contributed by atoms with van der Waals surface area (Å²) in [5.41, 5.74) is 1.39. The summed E-state index contributed by atoms with van der Waals surface area (Å²) in [5, 5.41) is 5.86. The lowest BCUT2D eigenvalue weighted by molar-refractivity contribution is 0.102. The second kappa shape index (κ2) is 8.33. The van der Waals surface area contributed by atoms with Crippen LogP contribution in [0.4, 0.5) is 11.4 Å². The second-order valence-corrected chi connectivity index (χ2v) is 5.93. The molecule has 27 heavy (non-hydrogen) atoms. The lowest BCUT2D eigenvalue weighted by Crippen LogP contribution is -2.17. The van der Waals surface area contributed by atoms with Crippen molar-refractivity contribution < 1.29 is 14.3 Å². The minimum atomic E-state index is -0.452. The van der Waals surface area contributed by atoms with E-state index in [1.165, 1.54) is 25.4 Å². The number of hydrogen-bond donors (Lipinski definition) is 2. The third kappa shape index (κ3) is 4.43. The Kier molecular flexibility index (Phi) is 5.68. The van der Waals surface area contributed by atoms with Crippen LogP contribution in [0.5, 0.6) is 5.75 Å². The Balaban J connectivity index is 1.77. The van der Waals surface area contributed by atoms with Crippen LogP contribution in [0.2, 0.25) is 5.02 Å². The zero-order chi connectivity index (χ0) is 19.2. The van der Waals surface area contributed by atoms with Gasteiger partial charge in [0.1, 0.15) is 11.4 Å². The average Bonchev–Trinajstić information content (AvgIpc) is 2.70. The monoisotopic (exact) mass is 381 g/mol. The van der Waals surface area contributed by atoms with Crippen molar-refractivity contribution in [2.75, 3.05) is 17.7 Å². The maximum atomic E-state index is 12.5. The zero-order valence-corrected chi connectivity index (χ0v) is 15.2. The Morgan fingerprint density at radius 3 is 2.33 bits per heavy atom. The normalized spacial score (nSPS) is 10.1. The first-order valence-corrected chi connectivity index (χ1v) is 8.42. The van der Waals surface area contributed by atoms with Gasteiger partial charge in [-0.2, -0.15) is 0 Å². The predicted molar refractivity (Wildman–Crippen MR) is 105 cm³/mol. The number of amides is 2. The van der Waals surface area contributed by atoms with E-state index in [9.17, 15) is 9.59 Å². The molecule has 7 heteroatoms. The molecule has 0 spiro atoms. The van der Waals surface area contributed by atoms with Gasteiger partial charge >= 0.3 is 0 Å². The van der Waals surface area contributed by atoms with Gasteiger partial charge in [-0.05, 0) is 36.4 Å². The van der Waals surface area contributed by atoms with Crippen molar-refractivity contribution in [2.45, 2.75) is 0 Å². The maximum Gasteiger partial charge on any atom is 0.274 e. The molecular formula is C20H16ClN3O3. The molecule has 0 aliphatic heterocycles. The average molecular weight is 382 g/mol. The molecule has 0 unspecified atom stereocenters. The fraction of sp³-hybridized carbons (Fsp3) is 0.0500. The van der Waals surface area contributed by atoms with Gasteiger partial charge in [-0.15, -0.1) is 0 Å². The molecule has 2 amide bonds. The topological polar surface area (TPSA) is 80.3 Å². The number of hydrogen-bond acceptors (Lipinski definition) is 4. The Bertz CT molecular complexity index is 991. The van der Waals surface area contributed by atoms with Crippen molar-refractivity contribution in [1.82, 2.24) is 4.98 Å². The number of para-hydroxylation sites is 3. The largest absolute Gasteiger partial charge is 0.495 e. The molecular weight excluding hydrogens is 366 g/mol. The van der Waals surface area contributed by atoms with E-state index in [-0.39, 0.29) is 11.3 Å². The summed E-state index contributed by atoms with van der Waals surface area (Å²) in [6, 6.07) is 16.9. The third-order valence-corrected chi connectivity index (χ3v) is 4.06. The number of methoxy groups -OCH3 is 1. The Morgan fingerprint density at radius 2 is 1.59 bits per heavy atom. The highest BCUT2D eigenvalue weighted by atomic mass is 35.5. The number of carbonyl (C=O) groups is 2. The number of ether oxygens (including phenoxy) is 1. The van der Waals surface area contributed by atoms with E-state index in [1.807, 2.05) is 0 Å². The van der Waals surface area contributed by atoms with Crippen molar-refractivity contribution >= 4 is 34.8 Å². The van der Waals surface area contributed by atoms with Crippen molar-refractivity contribution in [3.63, 3.8) is 0 Å². The van der Waals surface area contributed by atoms with Gasteiger partial charge in [-0.1, -0.05) is 35.9 Å². The van der Waals surface area contributed by atoms with E-state index in [1.54, 1.807) is 48.5 Å². The summed E-state index contributed by atoms with van der Waals surface area (Å²) in [5.74, 6) is -0.317. The Morgan fingerprint density at radius 1 is 0.926 bits per heavy atom. The molecule has 1 heterocycles. The Labute approximate surface area is 161 Å². The minimum absolute atomic E-state index is 0.104. The van der Waals surface area contributed by atoms with Crippen LogP contribution >= 0.6 is 11.6 Å². The molecule has 0 radical (unpaired) electrons. The van der Waals surface area contributed by atoms with E-state index in [2.05, 4.69) is 15.6 Å². The number of rotatable bonds is 5. The van der Waals surface area contributed by atoms with E-state index >= 15 is 0 Å². The number of nitrogens with one attached hydrogen (secondary N) is 2. The number of nitrogens with zero attached hydrogens (tertiary/aromatic N) is 1. The fourth-order valence-electron chi connectivity index (χ4n) is 2.39. The SMILES string of the molecule is COc1ccccc1NC(=O)c1cc(C(=O)Nc2ccccc2Cl)ccn1. The van der Waals surface area contributed by atoms with Crippen LogP contribution in [0.1, 0.15) is 20.8 Å². The predicted octanol–water partition coefficient (Wildman–Crippen LogP) is 4.25. The van der Waals surface area contributed by atoms with Crippen LogP contribution in [0.15, 0.2) is 66.9 Å². The Hall–Kier alpha value is -3.38. The van der Waals surface area contributed by atoms with Crippen molar-refractivity contribution in [1.29, 1.82) is 0 Å². The molecule has 6 nitrogen and oxygen atoms in total. The van der Waals surface area contributed by atoms with E-state index in [4.69, 9.17) is 16.3 Å². The molecule has 3 aromatic rings. The summed E-state index contributed by atoms with van der Waals surface area (Å²) in [6.45, 7) is 0. The molecule has 0 aliphatic rings. The molecule has 0 aliphatic carbocycles. The van der Waals surface area contributed by atoms with Gasteiger partial charge in [0.05, 0.1) is 23.5 Å². The molecule has 0 bridgehead atoms. The number of aromatic nitrogens is 1. The molecule has 3 rings (SSSR count). The highest BCUT2D eigenvalue weighted by Gasteiger charge is 2.14. The van der Waals surface area contributed by atoms with Gasteiger partial charge in [-0.25, -0.2) is 0 Å². The lowest BCUT2D eigenvalue weighted by Gasteiger charge is -2.10. The maximum absolute atomic E-state index is 12.5. The summed E-state index contributed by atoms with van der Waals surface area (Å²) >= 11 is 6.05. The van der Waals surface area contributed by atoms with Gasteiger partial charge in [-0.3, -0.25) is 14.6 Å². The standard InChI is InChI=1S/C20H16ClN3O3/c1-27-18-9-5-4-8-16(18)24-20(26)17-12-13(10-11-22-17)19(25)23-15-7-3-2-6-14(15)21/h2-12H,1H3,(H,23,25)(H,24,26). The van der Waals surface area contributed by atoms with Crippen LogP contribution in [-0.2, 0) is 0 Å². The first-order chi connectivity index (χ1) is 13.1. The van der Waals surface area contributed by atoms with Crippen molar-refractivity contribution in [2.24, 2.45) is 0 Å². The van der Waals surface area contributed by atoms with E-state index < -0.39 is 11.8 Å². The number of benzene rings is 2. The number of pyridine rings is 1. The van der Waals surface area contributed by atoms with Crippen LogP contribution in [-0.4, -0.2) is 23.9 Å². The van der Waals surface area contributed by atoms with E-state index in [0.29, 0.717) is 22.1 Å². The second-order valence-electron chi connectivity index (χ2n) is 5.52. The minimum Gasteiger partial charge on any atom is -0.495 e. The van der Waals surface area contributed by atoms with Gasteiger partial charge < -0.3 is 15.4 Å². The number of halogens is 1. The molecule has 0 saturated heterocycles. The highest BCUT2D eigenvalue weighted by Crippen LogP contribution is 2.24. The van der Waals surface area contributed by atoms with Crippen LogP contribution in [0, 0.1) is 0 Å². The van der Waals surface area contributed by atoms with Crippen LogP contribution in [0.25, 0.3) is 0 Å². The van der Waals surface area contributed by atoms with Crippen LogP contribution < -0.4 is 15.4 Å². The zero-order valence-electron chi connectivity index (χ0n) is 14.4. The third-order valence-electron chi connectivity index (χ3n) is 3.73. The summed E-state index contributed by atoms with van der Waals surface area (Å²) < 4.78 is 5.21. The summed E-state index contributed by atoms with van der Waals surface area (Å²) in [4.78, 5) is 29.0. The molecule has 0 fully saturated rings. The fourth-order valence-corrected chi connectivity index (χ4v) is 2.57. The molecule has 2 N–H and O–H groups in total. The van der Waals surface area contributed by atoms with Crippen molar-refractivity contribution in [3.05, 3.63) is 83.1 Å². The van der Waals surface area contributed by atoms with Gasteiger partial charge in [0.15, 0.2) is 0 Å². The van der Waals surface area contributed by atoms with Crippen LogP contribution in [0.3, 0.4) is 0 Å². The molecule has 2 aromatic carbocycles. The molecule has 0 atom stereocenters. The summed E-state index contributed by atoms with van der Waals surface area (Å²) in [6.07, 6.45) is 1.40. The van der Waals surface area contributed by atoms with Crippen molar-refractivity contribution in [3.8, 4) is 5.75 Å². The molecule has 1 aromatic heterocycles. The smallest absolute Gasteiger partial charge is 0.274 e. The highest BCUT2D eigenvalue weighted by molar-refractivity contribution is 6.33. The first kappa shape index (κ1) is 18.4. The number of anilines is 2. The van der Waals surface area contributed by atoms with Gasteiger partial charge in [0, 0.05) is 11.8 Å².